The predicted molar refractivity (Wildman–Crippen MR) is 135 cm³/mol. The number of ether oxygens (including phenoxy) is 1. The van der Waals surface area contributed by atoms with Crippen LogP contribution in [0.5, 0.6) is 5.75 Å². The molecule has 34 heavy (non-hydrogen) atoms. The molecule has 3 heterocycles. The zero-order chi connectivity index (χ0) is 23.7. The summed E-state index contributed by atoms with van der Waals surface area (Å²) in [5, 5.41) is 8.31. The summed E-state index contributed by atoms with van der Waals surface area (Å²) in [4.78, 5) is 27.1. The van der Waals surface area contributed by atoms with E-state index >= 15 is 0 Å². The normalized spacial score (nSPS) is 12.1. The van der Waals surface area contributed by atoms with E-state index in [0.29, 0.717) is 11.6 Å². The van der Waals surface area contributed by atoms with Gasteiger partial charge in [0.2, 0.25) is 0 Å². The Hall–Kier alpha value is -3.98. The van der Waals surface area contributed by atoms with Gasteiger partial charge in [-0.3, -0.25) is 4.79 Å². The van der Waals surface area contributed by atoms with Gasteiger partial charge in [0.05, 0.1) is 17.4 Å². The third-order valence-corrected chi connectivity index (χ3v) is 6.30. The van der Waals surface area contributed by atoms with Crippen LogP contribution in [-0.4, -0.2) is 50.5 Å². The quantitative estimate of drug-likeness (QED) is 0.370. The first kappa shape index (κ1) is 21.8. The van der Waals surface area contributed by atoms with Gasteiger partial charge in [0.15, 0.2) is 6.10 Å². The Labute approximate surface area is 200 Å². The van der Waals surface area contributed by atoms with Crippen LogP contribution in [0.15, 0.2) is 66.6 Å². The van der Waals surface area contributed by atoms with E-state index in [1.807, 2.05) is 35.8 Å². The number of hydrogen-bond donors (Lipinski definition) is 1. The number of anilines is 2. The molecule has 0 saturated carbocycles. The monoisotopic (exact) mass is 472 g/mol. The Morgan fingerprint density at radius 3 is 2.85 bits per heavy atom. The molecule has 0 fully saturated rings. The lowest BCUT2D eigenvalue weighted by Crippen LogP contribution is -2.35. The van der Waals surface area contributed by atoms with Gasteiger partial charge in [-0.15, -0.1) is 11.3 Å². The Balaban J connectivity index is 1.46. The van der Waals surface area contributed by atoms with E-state index in [-0.39, 0.29) is 5.91 Å². The molecule has 1 N–H and O–H groups in total. The minimum absolute atomic E-state index is 0.115. The highest BCUT2D eigenvalue weighted by Gasteiger charge is 2.19. The number of amides is 1. The van der Waals surface area contributed by atoms with Crippen molar-refractivity contribution in [1.82, 2.24) is 24.4 Å². The molecule has 0 aliphatic rings. The van der Waals surface area contributed by atoms with E-state index in [1.54, 1.807) is 32.4 Å². The molecule has 0 saturated heterocycles. The van der Waals surface area contributed by atoms with Crippen LogP contribution in [0.1, 0.15) is 11.9 Å². The average molecular weight is 473 g/mol. The fourth-order valence-electron chi connectivity index (χ4n) is 3.91. The van der Waals surface area contributed by atoms with Crippen LogP contribution < -0.4 is 10.1 Å². The number of benzene rings is 2. The van der Waals surface area contributed by atoms with Gasteiger partial charge in [0.1, 0.15) is 22.9 Å². The zero-order valence-corrected chi connectivity index (χ0v) is 19.9. The third-order valence-electron chi connectivity index (χ3n) is 5.54. The number of fused-ring (bicyclic) bond motifs is 2. The fraction of sp³-hybridized carbons (Fsp3) is 0.200. The van der Waals surface area contributed by atoms with Crippen LogP contribution in [-0.2, 0) is 11.3 Å². The summed E-state index contributed by atoms with van der Waals surface area (Å²) in [6.07, 6.45) is 4.79. The molecule has 0 bridgehead atoms. The first-order valence-corrected chi connectivity index (χ1v) is 11.7. The van der Waals surface area contributed by atoms with E-state index < -0.39 is 6.10 Å². The number of aromatic nitrogens is 4. The molecule has 1 atom stereocenters. The molecule has 9 heteroatoms. The lowest BCUT2D eigenvalue weighted by atomic mass is 10.2. The number of hydrogen-bond acceptors (Lipinski definition) is 7. The summed E-state index contributed by atoms with van der Waals surface area (Å²) in [6, 6.07) is 13.9. The summed E-state index contributed by atoms with van der Waals surface area (Å²) in [5.74, 6) is 1.06. The molecule has 3 aromatic heterocycles. The maximum atomic E-state index is 12.3. The van der Waals surface area contributed by atoms with Crippen LogP contribution in [0.4, 0.5) is 11.5 Å². The van der Waals surface area contributed by atoms with Crippen molar-refractivity contribution in [1.29, 1.82) is 0 Å². The SMILES string of the molecule is CC(Oc1cccc2ncnc(Nc3ccc4c(ccn4Cc4nccs4)c3)c12)C(=O)N(C)C. The van der Waals surface area contributed by atoms with Crippen LogP contribution in [0.3, 0.4) is 0 Å². The highest BCUT2D eigenvalue weighted by Crippen LogP contribution is 2.33. The van der Waals surface area contributed by atoms with Crippen molar-refractivity contribution < 1.29 is 9.53 Å². The highest BCUT2D eigenvalue weighted by atomic mass is 32.1. The van der Waals surface area contributed by atoms with Gasteiger partial charge in [-0.1, -0.05) is 6.07 Å². The van der Waals surface area contributed by atoms with Crippen molar-refractivity contribution in [3.05, 3.63) is 71.6 Å². The zero-order valence-electron chi connectivity index (χ0n) is 19.1. The predicted octanol–water partition coefficient (Wildman–Crippen LogP) is 4.69. The lowest BCUT2D eigenvalue weighted by molar-refractivity contribution is -0.135. The van der Waals surface area contributed by atoms with Crippen molar-refractivity contribution in [3.63, 3.8) is 0 Å². The minimum atomic E-state index is -0.636. The molecule has 1 amide bonds. The van der Waals surface area contributed by atoms with Crippen LogP contribution >= 0.6 is 11.3 Å². The van der Waals surface area contributed by atoms with Gasteiger partial charge in [0.25, 0.3) is 5.91 Å². The average Bonchev–Trinajstić information content (AvgIpc) is 3.49. The van der Waals surface area contributed by atoms with E-state index in [9.17, 15) is 4.79 Å². The number of rotatable bonds is 7. The van der Waals surface area contributed by atoms with Gasteiger partial charge >= 0.3 is 0 Å². The van der Waals surface area contributed by atoms with Crippen LogP contribution in [0, 0.1) is 0 Å². The molecule has 172 valence electrons. The molecule has 5 rings (SSSR count). The molecular weight excluding hydrogens is 448 g/mol. The van der Waals surface area contributed by atoms with E-state index in [0.717, 1.165) is 39.0 Å². The first-order chi connectivity index (χ1) is 16.5. The second kappa shape index (κ2) is 9.11. The first-order valence-electron chi connectivity index (χ1n) is 10.9. The molecule has 0 aliphatic carbocycles. The maximum absolute atomic E-state index is 12.3. The smallest absolute Gasteiger partial charge is 0.262 e. The molecule has 5 aromatic rings. The summed E-state index contributed by atoms with van der Waals surface area (Å²) in [7, 11) is 3.42. The lowest BCUT2D eigenvalue weighted by Gasteiger charge is -2.20. The second-order valence-electron chi connectivity index (χ2n) is 8.13. The van der Waals surface area contributed by atoms with Gasteiger partial charge in [-0.25, -0.2) is 15.0 Å². The Morgan fingerprint density at radius 1 is 1.18 bits per heavy atom. The topological polar surface area (TPSA) is 85.2 Å². The fourth-order valence-corrected chi connectivity index (χ4v) is 4.52. The number of carbonyl (C=O) groups excluding carboxylic acids is 1. The van der Waals surface area contributed by atoms with Crippen molar-refractivity contribution in [3.8, 4) is 5.75 Å². The van der Waals surface area contributed by atoms with Crippen molar-refractivity contribution in [2.75, 3.05) is 19.4 Å². The molecule has 0 aliphatic heterocycles. The Bertz CT molecular complexity index is 1460. The number of carbonyl (C=O) groups is 1. The molecule has 8 nitrogen and oxygen atoms in total. The molecular formula is C25H24N6O2S. The maximum Gasteiger partial charge on any atom is 0.262 e. The minimum Gasteiger partial charge on any atom is -0.480 e. The van der Waals surface area contributed by atoms with Crippen molar-refractivity contribution in [2.45, 2.75) is 19.6 Å². The standard InChI is InChI=1S/C25H24N6O2S/c1-16(25(32)30(2)3)33-21-6-4-5-19-23(21)24(28-15-27-19)29-18-7-8-20-17(13-18)9-11-31(20)14-22-26-10-12-34-22/h4-13,15-16H,14H2,1-3H3,(H,27,28,29). The van der Waals surface area contributed by atoms with Crippen LogP contribution in [0.25, 0.3) is 21.8 Å². The molecule has 0 spiro atoms. The molecule has 1 unspecified atom stereocenters. The summed E-state index contributed by atoms with van der Waals surface area (Å²) in [6.45, 7) is 2.48. The van der Waals surface area contributed by atoms with Gasteiger partial charge in [-0.2, -0.15) is 0 Å². The van der Waals surface area contributed by atoms with Crippen molar-refractivity contribution >= 4 is 50.6 Å². The van der Waals surface area contributed by atoms with Gasteiger partial charge in [-0.05, 0) is 43.3 Å². The largest absolute Gasteiger partial charge is 0.480 e. The molecule has 0 radical (unpaired) electrons. The number of nitrogens with zero attached hydrogens (tertiary/aromatic N) is 5. The summed E-state index contributed by atoms with van der Waals surface area (Å²) in [5.41, 5.74) is 2.76. The van der Waals surface area contributed by atoms with E-state index in [4.69, 9.17) is 4.74 Å². The van der Waals surface area contributed by atoms with Gasteiger partial charge in [0, 0.05) is 48.5 Å². The third kappa shape index (κ3) is 4.29. The second-order valence-corrected chi connectivity index (χ2v) is 9.11. The Kier molecular flexibility index (Phi) is 5.85. The summed E-state index contributed by atoms with van der Waals surface area (Å²) >= 11 is 1.65. The number of likely N-dealkylation sites (N-methyl/N-ethyl adjacent to an activating group) is 1. The van der Waals surface area contributed by atoms with Gasteiger partial charge < -0.3 is 19.5 Å². The van der Waals surface area contributed by atoms with E-state index in [2.05, 4.69) is 49.2 Å². The van der Waals surface area contributed by atoms with Crippen molar-refractivity contribution in [2.24, 2.45) is 0 Å². The summed E-state index contributed by atoms with van der Waals surface area (Å²) < 4.78 is 8.22. The van der Waals surface area contributed by atoms with E-state index in [1.165, 1.54) is 11.2 Å². The van der Waals surface area contributed by atoms with Crippen LogP contribution in [0.2, 0.25) is 0 Å². The molecule has 2 aromatic carbocycles. The highest BCUT2D eigenvalue weighted by molar-refractivity contribution is 7.09. The number of nitrogens with one attached hydrogen (secondary N) is 1. The number of thiazole rings is 1. The Morgan fingerprint density at radius 2 is 2.06 bits per heavy atom.